The molecule has 12 aromatic rings. The number of rotatable bonds is 9. The van der Waals surface area contributed by atoms with Crippen LogP contribution in [0.3, 0.4) is 0 Å². The van der Waals surface area contributed by atoms with Gasteiger partial charge in [-0.05, 0) is 181 Å². The summed E-state index contributed by atoms with van der Waals surface area (Å²) in [5.74, 6) is 0. The van der Waals surface area contributed by atoms with Crippen molar-refractivity contribution in [1.82, 2.24) is 0 Å². The van der Waals surface area contributed by atoms with Gasteiger partial charge >= 0.3 is 0 Å². The molecular weight excluding hydrogens is 879 g/mol. The Morgan fingerprint density at radius 3 is 0.904 bits per heavy atom. The first kappa shape index (κ1) is 41.2. The topological polar surface area (TPSA) is 3.24 Å². The van der Waals surface area contributed by atoms with Crippen LogP contribution in [0.4, 0.5) is 17.1 Å². The largest absolute Gasteiger partial charge is 0.311 e. The zero-order chi connectivity index (χ0) is 48.0. The van der Waals surface area contributed by atoms with E-state index in [9.17, 15) is 0 Å². The fourth-order valence-electron chi connectivity index (χ4n) is 12.1. The summed E-state index contributed by atoms with van der Waals surface area (Å²) in [4.78, 5) is 2.40. The van der Waals surface area contributed by atoms with Crippen molar-refractivity contribution in [3.05, 3.63) is 270 Å². The summed E-state index contributed by atoms with van der Waals surface area (Å²) >= 11 is 0. The molecule has 3 aliphatic carbocycles. The maximum absolute atomic E-state index is 2.40. The van der Waals surface area contributed by atoms with Crippen LogP contribution in [0.1, 0.15) is 33.4 Å². The van der Waals surface area contributed by atoms with Crippen LogP contribution < -0.4 is 4.90 Å². The Labute approximate surface area is 425 Å². The Kier molecular flexibility index (Phi) is 9.33. The molecule has 15 rings (SSSR count). The first-order chi connectivity index (χ1) is 36.2. The summed E-state index contributed by atoms with van der Waals surface area (Å²) in [5, 5.41) is 7.86. The van der Waals surface area contributed by atoms with Crippen LogP contribution in [0.25, 0.3) is 136 Å². The van der Waals surface area contributed by atoms with E-state index in [4.69, 9.17) is 0 Å². The average molecular weight is 924 g/mol. The quantitative estimate of drug-likeness (QED) is 0.139. The maximum Gasteiger partial charge on any atom is 0.0462 e. The second kappa shape index (κ2) is 16.5. The lowest BCUT2D eigenvalue weighted by Gasteiger charge is -2.26. The van der Waals surface area contributed by atoms with Crippen LogP contribution in [0.15, 0.2) is 237 Å². The van der Waals surface area contributed by atoms with E-state index in [1.54, 1.807) is 0 Å². The zero-order valence-corrected chi connectivity index (χ0v) is 39.9. The van der Waals surface area contributed by atoms with Crippen molar-refractivity contribution in [2.45, 2.75) is 0 Å². The summed E-state index contributed by atoms with van der Waals surface area (Å²) in [6.45, 7) is 0. The van der Waals surface area contributed by atoms with Gasteiger partial charge in [0.25, 0.3) is 0 Å². The standard InChI is InChI=1S/C72H45N/c1-4-10-47(11-5-1)62-39-28-52-20-21-57-44-58(45-67(62)68(52)57)46-22-33-59(34-23-46)73(60-35-24-50(25-36-60)65-42-31-55-18-16-53-29-40-63(71(65)69(53)55)48-12-6-2-7-13-48)61-37-26-51(27-38-61)66-43-32-56-19-17-54-30-41-64(72(66)70(54)56)49-14-8-3-9-15-49/h1-45H. The van der Waals surface area contributed by atoms with E-state index < -0.39 is 0 Å². The van der Waals surface area contributed by atoms with Gasteiger partial charge < -0.3 is 4.90 Å². The fraction of sp³-hybridized carbons (Fsp3) is 0. The molecule has 12 aromatic carbocycles. The molecule has 0 aliphatic heterocycles. The second-order valence-electron chi connectivity index (χ2n) is 19.6. The zero-order valence-electron chi connectivity index (χ0n) is 39.9. The molecule has 0 N–H and O–H groups in total. The van der Waals surface area contributed by atoms with E-state index in [2.05, 4.69) is 278 Å². The van der Waals surface area contributed by atoms with E-state index >= 15 is 0 Å². The molecule has 0 atom stereocenters. The molecule has 73 heavy (non-hydrogen) atoms. The van der Waals surface area contributed by atoms with Crippen molar-refractivity contribution < 1.29 is 0 Å². The second-order valence-corrected chi connectivity index (χ2v) is 19.6. The summed E-state index contributed by atoms with van der Waals surface area (Å²) < 4.78 is 0. The Bertz CT molecular complexity index is 4080. The molecule has 1 nitrogen and oxygen atoms in total. The predicted molar refractivity (Wildman–Crippen MR) is 313 cm³/mol. The number of hydrogen-bond donors (Lipinski definition) is 0. The van der Waals surface area contributed by atoms with Gasteiger partial charge in [0.15, 0.2) is 0 Å². The first-order valence-electron chi connectivity index (χ1n) is 25.3. The highest BCUT2D eigenvalue weighted by Gasteiger charge is 2.22. The lowest BCUT2D eigenvalue weighted by atomic mass is 9.88. The van der Waals surface area contributed by atoms with Crippen LogP contribution in [-0.2, 0) is 0 Å². The first-order valence-corrected chi connectivity index (χ1v) is 25.3. The van der Waals surface area contributed by atoms with Gasteiger partial charge in [0.05, 0.1) is 0 Å². The van der Waals surface area contributed by atoms with Gasteiger partial charge in [-0.15, -0.1) is 0 Å². The van der Waals surface area contributed by atoms with Crippen molar-refractivity contribution in [3.63, 3.8) is 0 Å². The summed E-state index contributed by atoms with van der Waals surface area (Å²) in [6, 6.07) is 87.6. The van der Waals surface area contributed by atoms with Gasteiger partial charge in [0.2, 0.25) is 0 Å². The third-order valence-corrected chi connectivity index (χ3v) is 15.5. The summed E-state index contributed by atoms with van der Waals surface area (Å²) in [6.07, 6.45) is 13.5. The van der Waals surface area contributed by atoms with Crippen molar-refractivity contribution in [1.29, 1.82) is 0 Å². The van der Waals surface area contributed by atoms with E-state index in [0.29, 0.717) is 0 Å². The van der Waals surface area contributed by atoms with E-state index in [1.807, 2.05) is 0 Å². The predicted octanol–water partition coefficient (Wildman–Crippen LogP) is 20.1. The Morgan fingerprint density at radius 1 is 0.192 bits per heavy atom. The van der Waals surface area contributed by atoms with Crippen LogP contribution in [0.2, 0.25) is 0 Å². The van der Waals surface area contributed by atoms with Gasteiger partial charge in [0, 0.05) is 17.1 Å². The van der Waals surface area contributed by atoms with Crippen LogP contribution in [0, 0.1) is 0 Å². The highest BCUT2D eigenvalue weighted by molar-refractivity contribution is 6.18. The van der Waals surface area contributed by atoms with Gasteiger partial charge in [-0.1, -0.05) is 225 Å². The number of anilines is 3. The third kappa shape index (κ3) is 6.71. The molecule has 0 spiro atoms. The minimum atomic E-state index is 1.09. The number of benzene rings is 12. The van der Waals surface area contributed by atoms with Gasteiger partial charge in [-0.2, -0.15) is 0 Å². The maximum atomic E-state index is 2.40. The molecule has 0 amide bonds. The molecule has 0 radical (unpaired) electrons. The monoisotopic (exact) mass is 923 g/mol. The normalized spacial score (nSPS) is 12.5. The summed E-state index contributed by atoms with van der Waals surface area (Å²) in [7, 11) is 0. The molecule has 0 fully saturated rings. The van der Waals surface area contributed by atoms with Crippen LogP contribution in [-0.4, -0.2) is 0 Å². The van der Waals surface area contributed by atoms with Crippen molar-refractivity contribution in [3.8, 4) is 66.8 Å². The van der Waals surface area contributed by atoms with E-state index in [0.717, 1.165) is 17.1 Å². The molecular formula is C72H45N. The minimum Gasteiger partial charge on any atom is -0.311 e. The Hall–Kier alpha value is -9.56. The Morgan fingerprint density at radius 2 is 0.507 bits per heavy atom. The SMILES string of the molecule is C1=Cc2cc(-c3ccc(N(c4ccc(-c5ccc6c7c(ccc(-c8ccccc8)c57)C=C6)cc4)c4ccc(-c5ccc6c7c(ccc(-c8ccccc8)c57)C=C6)cc4)cc3)cc3c(-c4ccccc4)ccc1c23. The summed E-state index contributed by atoms with van der Waals surface area (Å²) in [5.41, 5.74) is 25.6. The van der Waals surface area contributed by atoms with Crippen molar-refractivity contribution >= 4 is 85.8 Å². The highest BCUT2D eigenvalue weighted by atomic mass is 15.1. The number of hydrogen-bond acceptors (Lipinski definition) is 1. The number of nitrogens with zero attached hydrogens (tertiary/aromatic N) is 1. The molecule has 1 heteroatoms. The average Bonchev–Trinajstić information content (AvgIpc) is 4.22. The lowest BCUT2D eigenvalue weighted by Crippen LogP contribution is -2.09. The fourth-order valence-corrected chi connectivity index (χ4v) is 12.1. The van der Waals surface area contributed by atoms with Crippen molar-refractivity contribution in [2.75, 3.05) is 4.90 Å². The molecule has 0 unspecified atom stereocenters. The highest BCUT2D eigenvalue weighted by Crippen LogP contribution is 2.47. The van der Waals surface area contributed by atoms with Crippen LogP contribution >= 0.6 is 0 Å². The van der Waals surface area contributed by atoms with Gasteiger partial charge in [-0.3, -0.25) is 0 Å². The molecule has 0 bridgehead atoms. The minimum absolute atomic E-state index is 1.09. The van der Waals surface area contributed by atoms with E-state index in [1.165, 1.54) is 132 Å². The van der Waals surface area contributed by atoms with Crippen molar-refractivity contribution in [2.24, 2.45) is 0 Å². The van der Waals surface area contributed by atoms with Gasteiger partial charge in [0.1, 0.15) is 0 Å². The molecule has 0 saturated heterocycles. The molecule has 0 aromatic heterocycles. The Balaban J connectivity index is 0.855. The molecule has 0 saturated carbocycles. The molecule has 338 valence electrons. The van der Waals surface area contributed by atoms with E-state index in [-0.39, 0.29) is 0 Å². The lowest BCUT2D eigenvalue weighted by molar-refractivity contribution is 1.28. The molecule has 0 heterocycles. The molecule has 3 aliphatic rings. The third-order valence-electron chi connectivity index (χ3n) is 15.5. The van der Waals surface area contributed by atoms with Crippen LogP contribution in [0.5, 0.6) is 0 Å². The smallest absolute Gasteiger partial charge is 0.0462 e. The van der Waals surface area contributed by atoms with Gasteiger partial charge in [-0.25, -0.2) is 0 Å².